The van der Waals surface area contributed by atoms with E-state index in [1.165, 1.54) is 12.1 Å². The Bertz CT molecular complexity index is 599. The third kappa shape index (κ3) is 3.41. The van der Waals surface area contributed by atoms with Crippen LogP contribution in [0.1, 0.15) is 0 Å². The first-order valence-electron chi connectivity index (χ1n) is 5.26. The molecule has 2 aromatic rings. The zero-order valence-electron chi connectivity index (χ0n) is 9.77. The second-order valence-corrected chi connectivity index (χ2v) is 4.93. The van der Waals surface area contributed by atoms with E-state index in [1.807, 2.05) is 0 Å². The first kappa shape index (κ1) is 14.2. The van der Waals surface area contributed by atoms with Crippen LogP contribution in [0.15, 0.2) is 24.3 Å². The molecular formula is C12H9Cl3FN3. The van der Waals surface area contributed by atoms with E-state index in [-0.39, 0.29) is 5.02 Å². The number of pyridine rings is 1. The fourth-order valence-electron chi connectivity index (χ4n) is 1.49. The number of halogens is 4. The summed E-state index contributed by atoms with van der Waals surface area (Å²) in [7, 11) is 1.69. The molecule has 0 aliphatic rings. The second kappa shape index (κ2) is 5.82. The average Bonchev–Trinajstić information content (AvgIpc) is 2.31. The van der Waals surface area contributed by atoms with E-state index in [4.69, 9.17) is 34.8 Å². The summed E-state index contributed by atoms with van der Waals surface area (Å²) in [4.78, 5) is 4.19. The number of hydrogen-bond donors (Lipinski definition) is 2. The standard InChI is InChI=1S/C12H9Cl3FN3/c1-17-11-9(14)5-10(15)12(19-11)18-8-3-6(13)2-7(16)4-8/h2-5H,1H3,(H2,17,18,19). The summed E-state index contributed by atoms with van der Waals surface area (Å²) in [5, 5.41) is 6.72. The van der Waals surface area contributed by atoms with E-state index < -0.39 is 5.82 Å². The number of benzene rings is 1. The molecule has 0 aliphatic carbocycles. The molecule has 1 aromatic heterocycles. The molecular weight excluding hydrogens is 312 g/mol. The predicted octanol–water partition coefficient (Wildman–Crippen LogP) is 4.97. The van der Waals surface area contributed by atoms with Crippen LogP contribution in [0.5, 0.6) is 0 Å². The van der Waals surface area contributed by atoms with E-state index in [0.717, 1.165) is 0 Å². The molecule has 3 nitrogen and oxygen atoms in total. The minimum atomic E-state index is -0.450. The van der Waals surface area contributed by atoms with Gasteiger partial charge in [-0.3, -0.25) is 0 Å². The Hall–Kier alpha value is -1.23. The third-order valence-corrected chi connectivity index (χ3v) is 3.09. The lowest BCUT2D eigenvalue weighted by atomic mass is 10.3. The summed E-state index contributed by atoms with van der Waals surface area (Å²) in [6.07, 6.45) is 0. The van der Waals surface area contributed by atoms with Gasteiger partial charge < -0.3 is 10.6 Å². The van der Waals surface area contributed by atoms with Gasteiger partial charge in [-0.05, 0) is 24.3 Å². The van der Waals surface area contributed by atoms with Gasteiger partial charge in [-0.2, -0.15) is 0 Å². The van der Waals surface area contributed by atoms with E-state index in [9.17, 15) is 4.39 Å². The summed E-state index contributed by atoms with van der Waals surface area (Å²) < 4.78 is 13.2. The fourth-order valence-corrected chi connectivity index (χ4v) is 2.21. The highest BCUT2D eigenvalue weighted by atomic mass is 35.5. The molecule has 1 heterocycles. The van der Waals surface area contributed by atoms with Crippen molar-refractivity contribution in [2.24, 2.45) is 0 Å². The summed E-state index contributed by atoms with van der Waals surface area (Å²) in [6, 6.07) is 5.61. The number of nitrogens with zero attached hydrogens (tertiary/aromatic N) is 1. The quantitative estimate of drug-likeness (QED) is 0.838. The van der Waals surface area contributed by atoms with Crippen LogP contribution in [0.25, 0.3) is 0 Å². The fraction of sp³-hybridized carbons (Fsp3) is 0.0833. The third-order valence-electron chi connectivity index (χ3n) is 2.29. The van der Waals surface area contributed by atoms with Crippen LogP contribution in [-0.4, -0.2) is 12.0 Å². The Morgan fingerprint density at radius 2 is 1.68 bits per heavy atom. The van der Waals surface area contributed by atoms with Crippen molar-refractivity contribution in [3.63, 3.8) is 0 Å². The van der Waals surface area contributed by atoms with Crippen molar-refractivity contribution in [1.29, 1.82) is 0 Å². The second-order valence-electron chi connectivity index (χ2n) is 3.68. The van der Waals surface area contributed by atoms with Crippen LogP contribution in [0.2, 0.25) is 15.1 Å². The summed E-state index contributed by atoms with van der Waals surface area (Å²) in [5.74, 6) is 0.377. The Morgan fingerprint density at radius 1 is 1.00 bits per heavy atom. The molecule has 0 unspecified atom stereocenters. The molecule has 2 rings (SSSR count). The number of hydrogen-bond acceptors (Lipinski definition) is 3. The van der Waals surface area contributed by atoms with Crippen LogP contribution in [0.3, 0.4) is 0 Å². The maximum Gasteiger partial charge on any atom is 0.151 e. The van der Waals surface area contributed by atoms with E-state index in [1.54, 1.807) is 19.2 Å². The largest absolute Gasteiger partial charge is 0.372 e. The van der Waals surface area contributed by atoms with Gasteiger partial charge in [-0.1, -0.05) is 34.8 Å². The van der Waals surface area contributed by atoms with Crippen molar-refractivity contribution in [2.75, 3.05) is 17.7 Å². The first-order valence-corrected chi connectivity index (χ1v) is 6.40. The molecule has 0 saturated carbocycles. The highest BCUT2D eigenvalue weighted by Crippen LogP contribution is 2.31. The normalized spacial score (nSPS) is 10.4. The smallest absolute Gasteiger partial charge is 0.151 e. The monoisotopic (exact) mass is 319 g/mol. The van der Waals surface area contributed by atoms with Gasteiger partial charge in [0.15, 0.2) is 5.82 Å². The Morgan fingerprint density at radius 3 is 2.32 bits per heavy atom. The van der Waals surface area contributed by atoms with E-state index in [2.05, 4.69) is 15.6 Å². The van der Waals surface area contributed by atoms with E-state index >= 15 is 0 Å². The molecule has 100 valence electrons. The number of aromatic nitrogens is 1. The summed E-state index contributed by atoms with van der Waals surface area (Å²) in [6.45, 7) is 0. The van der Waals surface area contributed by atoms with Crippen molar-refractivity contribution < 1.29 is 4.39 Å². The topological polar surface area (TPSA) is 37.0 Å². The molecule has 0 saturated heterocycles. The Balaban J connectivity index is 2.37. The molecule has 0 atom stereocenters. The predicted molar refractivity (Wildman–Crippen MR) is 78.5 cm³/mol. The molecule has 0 bridgehead atoms. The number of nitrogens with one attached hydrogen (secondary N) is 2. The Kier molecular flexibility index (Phi) is 4.34. The van der Waals surface area contributed by atoms with Crippen molar-refractivity contribution in [3.05, 3.63) is 45.2 Å². The average molecular weight is 321 g/mol. The molecule has 19 heavy (non-hydrogen) atoms. The molecule has 0 spiro atoms. The van der Waals surface area contributed by atoms with Crippen molar-refractivity contribution >= 4 is 52.1 Å². The van der Waals surface area contributed by atoms with Gasteiger partial charge in [0, 0.05) is 17.8 Å². The number of rotatable bonds is 3. The minimum Gasteiger partial charge on any atom is -0.372 e. The molecule has 0 aliphatic heterocycles. The zero-order valence-corrected chi connectivity index (χ0v) is 12.0. The maximum atomic E-state index is 13.2. The van der Waals surface area contributed by atoms with Crippen molar-refractivity contribution in [1.82, 2.24) is 4.98 Å². The maximum absolute atomic E-state index is 13.2. The lowest BCUT2D eigenvalue weighted by molar-refractivity contribution is 0.628. The minimum absolute atomic E-state index is 0.279. The van der Waals surface area contributed by atoms with Gasteiger partial charge in [0.2, 0.25) is 0 Å². The molecule has 2 N–H and O–H groups in total. The van der Waals surface area contributed by atoms with Crippen LogP contribution in [-0.2, 0) is 0 Å². The Labute approximate surface area is 124 Å². The molecule has 1 aromatic carbocycles. The van der Waals surface area contributed by atoms with E-state index in [0.29, 0.717) is 27.4 Å². The van der Waals surface area contributed by atoms with Crippen LogP contribution < -0.4 is 10.6 Å². The van der Waals surface area contributed by atoms with Crippen molar-refractivity contribution in [3.8, 4) is 0 Å². The first-order chi connectivity index (χ1) is 8.99. The van der Waals surface area contributed by atoms with Gasteiger partial charge >= 0.3 is 0 Å². The molecule has 0 radical (unpaired) electrons. The van der Waals surface area contributed by atoms with Gasteiger partial charge in [0.05, 0.1) is 10.0 Å². The van der Waals surface area contributed by atoms with Crippen molar-refractivity contribution in [2.45, 2.75) is 0 Å². The van der Waals surface area contributed by atoms with Gasteiger partial charge in [0.25, 0.3) is 0 Å². The highest BCUT2D eigenvalue weighted by Gasteiger charge is 2.09. The number of anilines is 3. The molecule has 7 heteroatoms. The molecule has 0 amide bonds. The van der Waals surface area contributed by atoms with Gasteiger partial charge in [-0.25, -0.2) is 9.37 Å². The summed E-state index contributed by atoms with van der Waals surface area (Å²) in [5.41, 5.74) is 0.448. The van der Waals surface area contributed by atoms with Gasteiger partial charge in [0.1, 0.15) is 11.6 Å². The highest BCUT2D eigenvalue weighted by molar-refractivity contribution is 6.37. The van der Waals surface area contributed by atoms with Crippen LogP contribution >= 0.6 is 34.8 Å². The van der Waals surface area contributed by atoms with Crippen LogP contribution in [0.4, 0.5) is 21.7 Å². The zero-order chi connectivity index (χ0) is 14.0. The lowest BCUT2D eigenvalue weighted by Crippen LogP contribution is -2.00. The molecule has 0 fully saturated rings. The SMILES string of the molecule is CNc1nc(Nc2cc(F)cc(Cl)c2)c(Cl)cc1Cl. The lowest BCUT2D eigenvalue weighted by Gasteiger charge is -2.11. The summed E-state index contributed by atoms with van der Waals surface area (Å²) >= 11 is 17.7. The van der Waals surface area contributed by atoms with Crippen LogP contribution in [0, 0.1) is 5.82 Å². The van der Waals surface area contributed by atoms with Gasteiger partial charge in [-0.15, -0.1) is 0 Å².